The predicted octanol–water partition coefficient (Wildman–Crippen LogP) is 1.68. The minimum atomic E-state index is -0.688. The van der Waals surface area contributed by atoms with E-state index in [1.165, 1.54) is 12.0 Å². The molecule has 3 aliphatic heterocycles. The summed E-state index contributed by atoms with van der Waals surface area (Å²) >= 11 is 0. The van der Waals surface area contributed by atoms with Crippen molar-refractivity contribution < 1.29 is 9.84 Å². The van der Waals surface area contributed by atoms with Crippen LogP contribution in [-0.2, 0) is 12.0 Å². The van der Waals surface area contributed by atoms with E-state index in [0.29, 0.717) is 6.04 Å². The van der Waals surface area contributed by atoms with E-state index < -0.39 is 5.60 Å². The maximum Gasteiger partial charge on any atom is 0.128 e. The van der Waals surface area contributed by atoms with Gasteiger partial charge >= 0.3 is 0 Å². The Hall–Kier alpha value is -1.06. The smallest absolute Gasteiger partial charge is 0.128 e. The number of para-hydroxylation sites is 1. The van der Waals surface area contributed by atoms with E-state index >= 15 is 0 Å². The Labute approximate surface area is 107 Å². The molecule has 96 valence electrons. The van der Waals surface area contributed by atoms with Crippen LogP contribution in [0.2, 0.25) is 0 Å². The zero-order valence-corrected chi connectivity index (χ0v) is 10.6. The minimum Gasteiger partial charge on any atom is -0.493 e. The first-order valence-electron chi connectivity index (χ1n) is 7.01. The summed E-state index contributed by atoms with van der Waals surface area (Å²) in [7, 11) is 0. The van der Waals surface area contributed by atoms with Gasteiger partial charge in [0, 0.05) is 24.6 Å². The van der Waals surface area contributed by atoms with E-state index in [9.17, 15) is 5.11 Å². The molecular weight excluding hydrogens is 226 g/mol. The molecule has 2 unspecified atom stereocenters. The average Bonchev–Trinajstić information content (AvgIpc) is 3.06. The summed E-state index contributed by atoms with van der Waals surface area (Å²) in [6, 6.07) is 6.55. The van der Waals surface area contributed by atoms with Crippen LogP contribution in [0.25, 0.3) is 0 Å². The van der Waals surface area contributed by atoms with Gasteiger partial charge in [0.2, 0.25) is 0 Å². The SMILES string of the molecule is OC1(c2cccc3c2OCC3)CCN2CCCC21. The lowest BCUT2D eigenvalue weighted by atomic mass is 9.84. The Balaban J connectivity index is 1.81. The van der Waals surface area contributed by atoms with Crippen molar-refractivity contribution in [2.24, 2.45) is 0 Å². The van der Waals surface area contributed by atoms with Crippen molar-refractivity contribution >= 4 is 0 Å². The van der Waals surface area contributed by atoms with Crippen LogP contribution in [0.1, 0.15) is 30.4 Å². The van der Waals surface area contributed by atoms with Gasteiger partial charge in [-0.15, -0.1) is 0 Å². The van der Waals surface area contributed by atoms with Crippen molar-refractivity contribution in [3.05, 3.63) is 29.3 Å². The van der Waals surface area contributed by atoms with E-state index in [1.54, 1.807) is 0 Å². The zero-order valence-electron chi connectivity index (χ0n) is 10.6. The van der Waals surface area contributed by atoms with Gasteiger partial charge < -0.3 is 9.84 Å². The van der Waals surface area contributed by atoms with Gasteiger partial charge in [0.25, 0.3) is 0 Å². The lowest BCUT2D eigenvalue weighted by Gasteiger charge is -2.31. The molecule has 1 aromatic rings. The Morgan fingerprint density at radius 3 is 3.22 bits per heavy atom. The molecule has 0 bridgehead atoms. The molecule has 0 aromatic heterocycles. The second kappa shape index (κ2) is 3.72. The van der Waals surface area contributed by atoms with Crippen molar-refractivity contribution in [2.45, 2.75) is 37.3 Å². The number of ether oxygens (including phenoxy) is 1. The van der Waals surface area contributed by atoms with Gasteiger partial charge in [0.1, 0.15) is 11.4 Å². The normalized spacial score (nSPS) is 34.4. The molecule has 3 heterocycles. The number of fused-ring (bicyclic) bond motifs is 2. The van der Waals surface area contributed by atoms with Crippen LogP contribution in [-0.4, -0.2) is 35.7 Å². The molecule has 4 rings (SSSR count). The third-order valence-corrected chi connectivity index (χ3v) is 4.88. The first-order valence-corrected chi connectivity index (χ1v) is 7.01. The Morgan fingerprint density at radius 1 is 1.33 bits per heavy atom. The molecule has 18 heavy (non-hydrogen) atoms. The van der Waals surface area contributed by atoms with Gasteiger partial charge in [0.15, 0.2) is 0 Å². The van der Waals surface area contributed by atoms with Gasteiger partial charge in [-0.05, 0) is 31.4 Å². The summed E-state index contributed by atoms with van der Waals surface area (Å²) in [4.78, 5) is 2.44. The van der Waals surface area contributed by atoms with Crippen LogP contribution >= 0.6 is 0 Å². The van der Waals surface area contributed by atoms with Crippen molar-refractivity contribution in [3.8, 4) is 5.75 Å². The van der Waals surface area contributed by atoms with Crippen LogP contribution < -0.4 is 4.74 Å². The maximum absolute atomic E-state index is 11.2. The van der Waals surface area contributed by atoms with Crippen LogP contribution in [0.3, 0.4) is 0 Å². The monoisotopic (exact) mass is 245 g/mol. The molecule has 0 radical (unpaired) electrons. The van der Waals surface area contributed by atoms with Crippen LogP contribution in [0.15, 0.2) is 18.2 Å². The van der Waals surface area contributed by atoms with E-state index in [4.69, 9.17) is 4.74 Å². The third-order valence-electron chi connectivity index (χ3n) is 4.88. The number of nitrogens with zero attached hydrogens (tertiary/aromatic N) is 1. The number of hydrogen-bond acceptors (Lipinski definition) is 3. The molecule has 0 spiro atoms. The summed E-state index contributed by atoms with van der Waals surface area (Å²) in [6.45, 7) is 2.92. The molecule has 2 atom stereocenters. The van der Waals surface area contributed by atoms with Crippen LogP contribution in [0, 0.1) is 0 Å². The summed E-state index contributed by atoms with van der Waals surface area (Å²) in [6.07, 6.45) is 4.15. The largest absolute Gasteiger partial charge is 0.493 e. The van der Waals surface area contributed by atoms with E-state index in [1.807, 2.05) is 0 Å². The van der Waals surface area contributed by atoms with Gasteiger partial charge in [-0.25, -0.2) is 0 Å². The first kappa shape index (κ1) is 10.8. The Kier molecular flexibility index (Phi) is 2.24. The highest BCUT2D eigenvalue weighted by Crippen LogP contribution is 2.47. The third kappa shape index (κ3) is 1.32. The second-order valence-corrected chi connectivity index (χ2v) is 5.76. The second-order valence-electron chi connectivity index (χ2n) is 5.76. The van der Waals surface area contributed by atoms with E-state index in [2.05, 4.69) is 23.1 Å². The van der Waals surface area contributed by atoms with Gasteiger partial charge in [0.05, 0.1) is 6.61 Å². The summed E-state index contributed by atoms with van der Waals surface area (Å²) in [5.74, 6) is 0.966. The van der Waals surface area contributed by atoms with Crippen molar-refractivity contribution in [3.63, 3.8) is 0 Å². The topological polar surface area (TPSA) is 32.7 Å². The fourth-order valence-corrected chi connectivity index (χ4v) is 3.99. The number of aliphatic hydroxyl groups is 1. The molecule has 3 aliphatic rings. The fourth-order valence-electron chi connectivity index (χ4n) is 3.99. The highest BCUT2D eigenvalue weighted by Gasteiger charge is 2.50. The average molecular weight is 245 g/mol. The number of benzene rings is 1. The molecule has 0 saturated carbocycles. The summed E-state index contributed by atoms with van der Waals surface area (Å²) < 4.78 is 5.78. The van der Waals surface area contributed by atoms with Crippen LogP contribution in [0.5, 0.6) is 5.75 Å². The number of rotatable bonds is 1. The zero-order chi connectivity index (χ0) is 12.2. The summed E-state index contributed by atoms with van der Waals surface area (Å²) in [5, 5.41) is 11.2. The highest BCUT2D eigenvalue weighted by atomic mass is 16.5. The van der Waals surface area contributed by atoms with Crippen molar-refractivity contribution in [2.75, 3.05) is 19.7 Å². The molecule has 3 heteroatoms. The Morgan fingerprint density at radius 2 is 2.28 bits per heavy atom. The molecule has 0 aliphatic carbocycles. The molecule has 3 nitrogen and oxygen atoms in total. The lowest BCUT2D eigenvalue weighted by molar-refractivity contribution is 0.00733. The maximum atomic E-state index is 11.2. The van der Waals surface area contributed by atoms with E-state index in [-0.39, 0.29) is 0 Å². The van der Waals surface area contributed by atoms with Crippen molar-refractivity contribution in [1.82, 2.24) is 4.90 Å². The molecule has 1 aromatic carbocycles. The highest BCUT2D eigenvalue weighted by molar-refractivity contribution is 5.48. The molecule has 1 N–H and O–H groups in total. The standard InChI is InChI=1S/C15H19NO2/c17-15(7-9-16-8-2-5-13(15)16)12-4-1-3-11-6-10-18-14(11)12/h1,3-4,13,17H,2,5-10H2. The number of hydrogen-bond donors (Lipinski definition) is 1. The first-order chi connectivity index (χ1) is 8.79. The summed E-state index contributed by atoms with van der Waals surface area (Å²) in [5.41, 5.74) is 1.61. The fraction of sp³-hybridized carbons (Fsp3) is 0.600. The molecular formula is C15H19NO2. The molecule has 0 amide bonds. The predicted molar refractivity (Wildman–Crippen MR) is 68.7 cm³/mol. The van der Waals surface area contributed by atoms with Gasteiger partial charge in [-0.3, -0.25) is 4.90 Å². The van der Waals surface area contributed by atoms with Gasteiger partial charge in [-0.1, -0.05) is 18.2 Å². The van der Waals surface area contributed by atoms with Gasteiger partial charge in [-0.2, -0.15) is 0 Å². The lowest BCUT2D eigenvalue weighted by Crippen LogP contribution is -2.38. The quantitative estimate of drug-likeness (QED) is 0.817. The van der Waals surface area contributed by atoms with Crippen LogP contribution in [0.4, 0.5) is 0 Å². The van der Waals surface area contributed by atoms with E-state index in [0.717, 1.165) is 50.3 Å². The molecule has 2 saturated heterocycles. The Bertz CT molecular complexity index is 487. The minimum absolute atomic E-state index is 0.299. The van der Waals surface area contributed by atoms with Crippen molar-refractivity contribution in [1.29, 1.82) is 0 Å². The molecule has 2 fully saturated rings.